The molecule has 1 atom stereocenters. The summed E-state index contributed by atoms with van der Waals surface area (Å²) in [4.78, 5) is 25.2. The Bertz CT molecular complexity index is 1090. The minimum absolute atomic E-state index is 0.188. The van der Waals surface area contributed by atoms with Crippen molar-refractivity contribution in [3.8, 4) is 0 Å². The molecule has 9 heteroatoms. The minimum Gasteiger partial charge on any atom is -0.354 e. The Labute approximate surface area is 197 Å². The van der Waals surface area contributed by atoms with Gasteiger partial charge in [-0.15, -0.1) is 0 Å². The molecule has 1 aliphatic rings. The molecule has 2 heterocycles. The van der Waals surface area contributed by atoms with E-state index in [1.807, 2.05) is 6.07 Å². The van der Waals surface area contributed by atoms with Crippen LogP contribution in [0, 0.1) is 17.6 Å². The average molecular weight is 467 g/mol. The molecule has 1 amide bonds. The number of benzene rings is 1. The summed E-state index contributed by atoms with van der Waals surface area (Å²) in [6.45, 7) is 0.593. The largest absolute Gasteiger partial charge is 0.354 e. The van der Waals surface area contributed by atoms with Crippen LogP contribution in [0.1, 0.15) is 42.9 Å². The second-order valence-electron chi connectivity index (χ2n) is 8.69. The number of nitrogens with zero attached hydrogens (tertiary/aromatic N) is 3. The van der Waals surface area contributed by atoms with Gasteiger partial charge in [-0.1, -0.05) is 12.1 Å². The van der Waals surface area contributed by atoms with Crippen molar-refractivity contribution in [2.45, 2.75) is 44.1 Å². The van der Waals surface area contributed by atoms with Crippen molar-refractivity contribution in [1.29, 1.82) is 0 Å². The van der Waals surface area contributed by atoms with Crippen molar-refractivity contribution in [1.82, 2.24) is 20.3 Å². The lowest BCUT2D eigenvalue weighted by molar-refractivity contribution is -0.122. The number of amides is 1. The van der Waals surface area contributed by atoms with Crippen LogP contribution < -0.4 is 16.4 Å². The van der Waals surface area contributed by atoms with E-state index in [1.165, 1.54) is 24.3 Å². The van der Waals surface area contributed by atoms with E-state index in [4.69, 9.17) is 5.73 Å². The Kier molecular flexibility index (Phi) is 7.74. The molecule has 1 aromatic carbocycles. The van der Waals surface area contributed by atoms with Crippen molar-refractivity contribution in [3.63, 3.8) is 0 Å². The van der Waals surface area contributed by atoms with E-state index < -0.39 is 11.9 Å². The predicted molar refractivity (Wildman–Crippen MR) is 125 cm³/mol. The highest BCUT2D eigenvalue weighted by Crippen LogP contribution is 2.35. The second kappa shape index (κ2) is 11.1. The molecule has 0 aliphatic heterocycles. The van der Waals surface area contributed by atoms with Crippen LogP contribution in [0.15, 0.2) is 54.9 Å². The highest BCUT2D eigenvalue weighted by Gasteiger charge is 2.25. The molecular formula is C25H28F2N6O. The lowest BCUT2D eigenvalue weighted by Crippen LogP contribution is -2.44. The van der Waals surface area contributed by atoms with E-state index in [9.17, 15) is 13.6 Å². The van der Waals surface area contributed by atoms with Crippen molar-refractivity contribution < 1.29 is 13.6 Å². The van der Waals surface area contributed by atoms with Gasteiger partial charge in [0.2, 0.25) is 11.9 Å². The molecule has 34 heavy (non-hydrogen) atoms. The topological polar surface area (TPSA) is 106 Å². The molecule has 4 N–H and O–H groups in total. The van der Waals surface area contributed by atoms with Gasteiger partial charge in [0.1, 0.15) is 17.5 Å². The van der Waals surface area contributed by atoms with Crippen LogP contribution in [0.25, 0.3) is 0 Å². The van der Waals surface area contributed by atoms with Gasteiger partial charge in [-0.25, -0.2) is 23.7 Å². The van der Waals surface area contributed by atoms with E-state index in [-0.39, 0.29) is 11.7 Å². The zero-order valence-corrected chi connectivity index (χ0v) is 18.8. The molecule has 178 valence electrons. The van der Waals surface area contributed by atoms with Gasteiger partial charge in [0.05, 0.1) is 12.2 Å². The highest BCUT2D eigenvalue weighted by molar-refractivity contribution is 5.81. The number of hydrogen-bond acceptors (Lipinski definition) is 6. The fourth-order valence-corrected chi connectivity index (χ4v) is 4.23. The van der Waals surface area contributed by atoms with Gasteiger partial charge in [0, 0.05) is 24.4 Å². The summed E-state index contributed by atoms with van der Waals surface area (Å²) in [5.41, 5.74) is 7.82. The average Bonchev–Trinajstić information content (AvgIpc) is 2.86. The first-order valence-electron chi connectivity index (χ1n) is 11.5. The summed E-state index contributed by atoms with van der Waals surface area (Å²) in [6, 6.07) is 10.2. The lowest BCUT2D eigenvalue weighted by atomic mass is 9.80. The molecule has 7 nitrogen and oxygen atoms in total. The van der Waals surface area contributed by atoms with E-state index in [2.05, 4.69) is 25.6 Å². The number of carbonyl (C=O) groups is 1. The maximum atomic E-state index is 13.0. The lowest BCUT2D eigenvalue weighted by Gasteiger charge is -2.28. The molecule has 0 unspecified atom stereocenters. The number of halogens is 2. The normalized spacial score (nSPS) is 18.8. The third-order valence-corrected chi connectivity index (χ3v) is 6.18. The van der Waals surface area contributed by atoms with Gasteiger partial charge in [-0.3, -0.25) is 4.79 Å². The Morgan fingerprint density at radius 3 is 2.44 bits per heavy atom. The molecule has 1 fully saturated rings. The highest BCUT2D eigenvalue weighted by atomic mass is 19.1. The first-order valence-corrected chi connectivity index (χ1v) is 11.5. The van der Waals surface area contributed by atoms with Crippen LogP contribution in [0.3, 0.4) is 0 Å². The second-order valence-corrected chi connectivity index (χ2v) is 8.69. The molecular weight excluding hydrogens is 438 g/mol. The SMILES string of the molecule is N[C@H](Cc1ccc(F)cc1)C(=O)NCC1CCC(c2ccnc(Nc3ccc(F)cn3)n2)CC1. The smallest absolute Gasteiger partial charge is 0.237 e. The van der Waals surface area contributed by atoms with E-state index >= 15 is 0 Å². The number of pyridine rings is 1. The number of anilines is 2. The maximum absolute atomic E-state index is 13.0. The van der Waals surface area contributed by atoms with E-state index in [1.54, 1.807) is 18.3 Å². The fraction of sp³-hybridized carbons (Fsp3) is 0.360. The molecule has 0 saturated heterocycles. The van der Waals surface area contributed by atoms with Gasteiger partial charge in [-0.05, 0) is 73.9 Å². The maximum Gasteiger partial charge on any atom is 0.237 e. The molecule has 2 aromatic heterocycles. The van der Waals surface area contributed by atoms with Crippen molar-refractivity contribution in [2.24, 2.45) is 11.7 Å². The molecule has 1 saturated carbocycles. The third-order valence-electron chi connectivity index (χ3n) is 6.18. The third kappa shape index (κ3) is 6.54. The van der Waals surface area contributed by atoms with Crippen LogP contribution in [0.5, 0.6) is 0 Å². The summed E-state index contributed by atoms with van der Waals surface area (Å²) in [7, 11) is 0. The minimum atomic E-state index is -0.663. The summed E-state index contributed by atoms with van der Waals surface area (Å²) in [5.74, 6) is 0.724. The van der Waals surface area contributed by atoms with Crippen molar-refractivity contribution in [3.05, 3.63) is 77.8 Å². The molecule has 3 aromatic rings. The quantitative estimate of drug-likeness (QED) is 0.466. The van der Waals surface area contributed by atoms with Gasteiger partial charge in [0.25, 0.3) is 0 Å². The van der Waals surface area contributed by atoms with Gasteiger partial charge < -0.3 is 16.4 Å². The predicted octanol–water partition coefficient (Wildman–Crippen LogP) is 3.85. The number of aromatic nitrogens is 3. The Morgan fingerprint density at radius 2 is 1.74 bits per heavy atom. The first kappa shape index (κ1) is 23.7. The van der Waals surface area contributed by atoms with Crippen LogP contribution in [0.4, 0.5) is 20.5 Å². The molecule has 4 rings (SSSR count). The van der Waals surface area contributed by atoms with Crippen LogP contribution in [-0.4, -0.2) is 33.4 Å². The number of nitrogens with one attached hydrogen (secondary N) is 2. The van der Waals surface area contributed by atoms with E-state index in [0.29, 0.717) is 36.6 Å². The fourth-order valence-electron chi connectivity index (χ4n) is 4.23. The summed E-state index contributed by atoms with van der Waals surface area (Å²) in [6.07, 6.45) is 7.11. The van der Waals surface area contributed by atoms with Crippen LogP contribution in [0.2, 0.25) is 0 Å². The Hall–Kier alpha value is -3.46. The van der Waals surface area contributed by atoms with E-state index in [0.717, 1.165) is 43.1 Å². The van der Waals surface area contributed by atoms with Crippen LogP contribution in [-0.2, 0) is 11.2 Å². The van der Waals surface area contributed by atoms with Crippen LogP contribution >= 0.6 is 0 Å². The number of hydrogen-bond donors (Lipinski definition) is 3. The first-order chi connectivity index (χ1) is 16.5. The summed E-state index contributed by atoms with van der Waals surface area (Å²) < 4.78 is 26.1. The zero-order valence-electron chi connectivity index (χ0n) is 18.8. The Balaban J connectivity index is 1.23. The zero-order chi connectivity index (χ0) is 23.9. The van der Waals surface area contributed by atoms with Gasteiger partial charge in [-0.2, -0.15) is 0 Å². The van der Waals surface area contributed by atoms with Crippen molar-refractivity contribution in [2.75, 3.05) is 11.9 Å². The van der Waals surface area contributed by atoms with Gasteiger partial charge >= 0.3 is 0 Å². The van der Waals surface area contributed by atoms with Gasteiger partial charge in [0.15, 0.2) is 0 Å². The monoisotopic (exact) mass is 466 g/mol. The molecule has 0 spiro atoms. The molecule has 0 radical (unpaired) electrons. The number of rotatable bonds is 8. The summed E-state index contributed by atoms with van der Waals surface area (Å²) >= 11 is 0. The number of nitrogens with two attached hydrogens (primary N) is 1. The molecule has 1 aliphatic carbocycles. The van der Waals surface area contributed by atoms with Crippen molar-refractivity contribution >= 4 is 17.7 Å². The Morgan fingerprint density at radius 1 is 1.00 bits per heavy atom. The standard InChI is InChI=1S/C25H28F2N6O/c26-19-7-3-16(4-8-19)13-21(28)24(34)31-14-17-1-5-18(6-2-17)22-11-12-29-25(32-22)33-23-10-9-20(27)15-30-23/h3-4,7-12,15,17-18,21H,1-2,5-6,13-14,28H2,(H,31,34)(H,29,30,32,33)/t17?,18?,21-/m1/s1. The summed E-state index contributed by atoms with van der Waals surface area (Å²) in [5, 5.41) is 5.98. The molecule has 0 bridgehead atoms. The number of carbonyl (C=O) groups excluding carboxylic acids is 1.